The minimum absolute atomic E-state index is 0. The van der Waals surface area contributed by atoms with Crippen LogP contribution in [0.15, 0.2) is 0 Å². The first-order valence-electron chi connectivity index (χ1n) is 1.15. The normalized spacial score (nSPS) is 5.50. The Morgan fingerprint density at radius 2 is 1.50 bits per heavy atom. The SMILES string of the molecule is NC(=O)C(=O)[O-].O.[K+]. The summed E-state index contributed by atoms with van der Waals surface area (Å²) in [5, 5.41) is 9.11. The minimum atomic E-state index is -1.85. The number of hydrogen-bond acceptors (Lipinski definition) is 3. The van der Waals surface area contributed by atoms with Gasteiger partial charge in [0.05, 0.1) is 0 Å². The van der Waals surface area contributed by atoms with Crippen molar-refractivity contribution in [3.8, 4) is 0 Å². The molecule has 0 aliphatic carbocycles. The molecule has 0 bridgehead atoms. The van der Waals surface area contributed by atoms with Gasteiger partial charge in [-0.25, -0.2) is 0 Å². The van der Waals surface area contributed by atoms with Gasteiger partial charge in [-0.2, -0.15) is 0 Å². The Kier molecular flexibility index (Phi) is 14.9. The Morgan fingerprint density at radius 3 is 1.50 bits per heavy atom. The fraction of sp³-hybridized carbons (Fsp3) is 0. The minimum Gasteiger partial charge on any atom is -0.540 e. The molecule has 0 fully saturated rings. The van der Waals surface area contributed by atoms with Crippen LogP contribution < -0.4 is 62.2 Å². The Bertz CT molecular complexity index is 80.0. The van der Waals surface area contributed by atoms with Crippen molar-refractivity contribution in [2.75, 3.05) is 0 Å². The van der Waals surface area contributed by atoms with Crippen LogP contribution in [0, 0.1) is 0 Å². The van der Waals surface area contributed by atoms with Crippen molar-refractivity contribution in [3.63, 3.8) is 0 Å². The summed E-state index contributed by atoms with van der Waals surface area (Å²) in [7, 11) is 0. The van der Waals surface area contributed by atoms with Crippen LogP contribution >= 0.6 is 0 Å². The maximum atomic E-state index is 9.26. The van der Waals surface area contributed by atoms with E-state index in [9.17, 15) is 4.79 Å². The first-order valence-corrected chi connectivity index (χ1v) is 1.15. The predicted molar refractivity (Wildman–Crippen MR) is 17.8 cm³/mol. The van der Waals surface area contributed by atoms with E-state index in [0.29, 0.717) is 0 Å². The molecule has 0 spiro atoms. The summed E-state index contributed by atoms with van der Waals surface area (Å²) >= 11 is 0. The molecule has 0 aromatic heterocycles. The van der Waals surface area contributed by atoms with E-state index >= 15 is 0 Å². The van der Waals surface area contributed by atoms with Gasteiger partial charge >= 0.3 is 51.4 Å². The summed E-state index contributed by atoms with van der Waals surface area (Å²) in [5.41, 5.74) is 4.13. The van der Waals surface area contributed by atoms with Crippen molar-refractivity contribution in [3.05, 3.63) is 0 Å². The van der Waals surface area contributed by atoms with Gasteiger partial charge in [0.25, 0.3) is 5.91 Å². The Balaban J connectivity index is -0.000000125. The van der Waals surface area contributed by atoms with E-state index in [1.54, 1.807) is 0 Å². The average molecular weight is 145 g/mol. The number of carbonyl (C=O) groups excluding carboxylic acids is 2. The van der Waals surface area contributed by atoms with Crippen LogP contribution in [0.25, 0.3) is 0 Å². The summed E-state index contributed by atoms with van der Waals surface area (Å²) in [6.45, 7) is 0. The van der Waals surface area contributed by atoms with Crippen LogP contribution in [0.2, 0.25) is 0 Å². The molecule has 0 rings (SSSR count). The van der Waals surface area contributed by atoms with Crippen molar-refractivity contribution >= 4 is 11.9 Å². The third-order valence-electron chi connectivity index (χ3n) is 0.201. The molecule has 0 unspecified atom stereocenters. The van der Waals surface area contributed by atoms with E-state index in [4.69, 9.17) is 9.90 Å². The number of amides is 1. The molecule has 5 nitrogen and oxygen atoms in total. The first kappa shape index (κ1) is 15.8. The predicted octanol–water partition coefficient (Wildman–Crippen LogP) is -6.60. The molecule has 4 N–H and O–H groups in total. The monoisotopic (exact) mass is 145 g/mol. The molecule has 6 heteroatoms. The van der Waals surface area contributed by atoms with E-state index in [2.05, 4.69) is 5.73 Å². The van der Waals surface area contributed by atoms with Crippen LogP contribution in [0.1, 0.15) is 0 Å². The molecule has 1 amide bonds. The molecule has 42 valence electrons. The standard InChI is InChI=1S/C2H3NO3.K.H2O/c3-1(4)2(5)6;;/h(H2,3,4)(H,5,6);;1H2/q;+1;/p-1. The van der Waals surface area contributed by atoms with Gasteiger partial charge in [0.15, 0.2) is 0 Å². The number of hydrogen-bond donors (Lipinski definition) is 1. The van der Waals surface area contributed by atoms with Crippen molar-refractivity contribution in [1.82, 2.24) is 0 Å². The molecule has 0 atom stereocenters. The number of primary amides is 1. The zero-order valence-corrected chi connectivity index (χ0v) is 7.43. The van der Waals surface area contributed by atoms with E-state index in [1.807, 2.05) is 0 Å². The van der Waals surface area contributed by atoms with Crippen molar-refractivity contribution in [2.24, 2.45) is 5.73 Å². The summed E-state index contributed by atoms with van der Waals surface area (Å²) in [4.78, 5) is 18.4. The van der Waals surface area contributed by atoms with Crippen LogP contribution in [0.3, 0.4) is 0 Å². The number of rotatable bonds is 0. The van der Waals surface area contributed by atoms with Crippen molar-refractivity contribution in [2.45, 2.75) is 0 Å². The van der Waals surface area contributed by atoms with Crippen LogP contribution in [0.4, 0.5) is 0 Å². The van der Waals surface area contributed by atoms with Gasteiger partial charge in [-0.05, 0) is 0 Å². The number of carboxylic acids is 1. The smallest absolute Gasteiger partial charge is 0.540 e. The molecule has 0 radical (unpaired) electrons. The number of carboxylic acid groups (broad SMARTS) is 1. The maximum absolute atomic E-state index is 9.26. The Labute approximate surface area is 88.0 Å². The van der Waals surface area contributed by atoms with E-state index in [0.717, 1.165) is 0 Å². The van der Waals surface area contributed by atoms with E-state index in [-0.39, 0.29) is 56.9 Å². The van der Waals surface area contributed by atoms with Crippen LogP contribution in [0.5, 0.6) is 0 Å². The van der Waals surface area contributed by atoms with Gasteiger partial charge in [0, 0.05) is 0 Å². The topological polar surface area (TPSA) is 115 Å². The quantitative estimate of drug-likeness (QED) is 0.270. The third kappa shape index (κ3) is 9.74. The second kappa shape index (κ2) is 7.54. The average Bonchev–Trinajstić information content (AvgIpc) is 1.36. The van der Waals surface area contributed by atoms with Crippen molar-refractivity contribution in [1.29, 1.82) is 0 Å². The molecular weight excluding hydrogens is 141 g/mol. The van der Waals surface area contributed by atoms with Gasteiger partial charge in [-0.15, -0.1) is 0 Å². The third-order valence-corrected chi connectivity index (χ3v) is 0.201. The zero-order valence-electron chi connectivity index (χ0n) is 4.30. The molecule has 0 saturated carbocycles. The van der Waals surface area contributed by atoms with E-state index in [1.165, 1.54) is 0 Å². The van der Waals surface area contributed by atoms with Crippen LogP contribution in [-0.4, -0.2) is 17.4 Å². The molecule has 0 aromatic carbocycles. The zero-order chi connectivity index (χ0) is 5.15. The molecule has 8 heavy (non-hydrogen) atoms. The summed E-state index contributed by atoms with van der Waals surface area (Å²) < 4.78 is 0. The molecular formula is C2H4KNO4. The summed E-state index contributed by atoms with van der Waals surface area (Å²) in [6.07, 6.45) is 0. The second-order valence-corrected chi connectivity index (χ2v) is 0.652. The Morgan fingerprint density at radius 1 is 1.38 bits per heavy atom. The van der Waals surface area contributed by atoms with Gasteiger partial charge < -0.3 is 21.1 Å². The van der Waals surface area contributed by atoms with Crippen LogP contribution in [-0.2, 0) is 9.59 Å². The first-order chi connectivity index (χ1) is 2.64. The molecule has 0 heterocycles. The summed E-state index contributed by atoms with van der Waals surface area (Å²) in [6, 6.07) is 0. The van der Waals surface area contributed by atoms with Gasteiger partial charge in [-0.3, -0.25) is 4.79 Å². The second-order valence-electron chi connectivity index (χ2n) is 0.652. The van der Waals surface area contributed by atoms with Gasteiger partial charge in [0.2, 0.25) is 0 Å². The van der Waals surface area contributed by atoms with Gasteiger partial charge in [0.1, 0.15) is 5.97 Å². The Hall–Kier alpha value is 0.536. The van der Waals surface area contributed by atoms with E-state index < -0.39 is 11.9 Å². The fourth-order valence-corrected chi connectivity index (χ4v) is 0. The number of nitrogens with two attached hydrogens (primary N) is 1. The molecule has 0 aliphatic rings. The summed E-state index contributed by atoms with van der Waals surface area (Å²) in [5.74, 6) is -3.29. The largest absolute Gasteiger partial charge is 1.00 e. The molecule has 0 aliphatic heterocycles. The molecule has 0 saturated heterocycles. The van der Waals surface area contributed by atoms with Crippen molar-refractivity contribution < 1.29 is 71.6 Å². The number of aliphatic carboxylic acids is 1. The van der Waals surface area contributed by atoms with Gasteiger partial charge in [-0.1, -0.05) is 0 Å². The molecule has 0 aromatic rings. The maximum Gasteiger partial charge on any atom is 1.00 e. The fourth-order valence-electron chi connectivity index (χ4n) is 0. The number of carbonyl (C=O) groups is 2.